The molecule has 1 amide bonds. The van der Waals surface area contributed by atoms with Gasteiger partial charge in [-0.2, -0.15) is 0 Å². The zero-order chi connectivity index (χ0) is 10.6. The topological polar surface area (TPSA) is 49.3 Å². The number of hydrogen-bond acceptors (Lipinski definition) is 2. The van der Waals surface area contributed by atoms with Gasteiger partial charge >= 0.3 is 0 Å². The van der Waals surface area contributed by atoms with E-state index >= 15 is 0 Å². The molecule has 0 aromatic carbocycles. The summed E-state index contributed by atoms with van der Waals surface area (Å²) in [4.78, 5) is 10.3. The number of carbonyl (C=O) groups excluding carboxylic acids is 1. The van der Waals surface area contributed by atoms with Crippen LogP contribution in [0.4, 0.5) is 0 Å². The molecule has 1 aliphatic rings. The van der Waals surface area contributed by atoms with Gasteiger partial charge in [-0.3, -0.25) is 4.79 Å². The van der Waals surface area contributed by atoms with Crippen LogP contribution >= 0.6 is 0 Å². The predicted octanol–water partition coefficient (Wildman–Crippen LogP) is 1.27. The molecule has 0 aliphatic heterocycles. The molecule has 0 radical (unpaired) electrons. The molecule has 0 heterocycles. The molecular weight excluding hydrogens is 178 g/mol. The van der Waals surface area contributed by atoms with Crippen LogP contribution < -0.4 is 5.32 Å². The lowest BCUT2D eigenvalue weighted by Gasteiger charge is -2.38. The van der Waals surface area contributed by atoms with Crippen molar-refractivity contribution in [3.63, 3.8) is 0 Å². The van der Waals surface area contributed by atoms with Crippen molar-refractivity contribution < 1.29 is 9.90 Å². The van der Waals surface area contributed by atoms with Gasteiger partial charge in [-0.25, -0.2) is 0 Å². The van der Waals surface area contributed by atoms with Crippen LogP contribution in [0.2, 0.25) is 0 Å². The maximum atomic E-state index is 10.3. The lowest BCUT2D eigenvalue weighted by Crippen LogP contribution is -2.40. The van der Waals surface area contributed by atoms with Crippen LogP contribution in [0, 0.1) is 0 Å². The first-order chi connectivity index (χ1) is 6.68. The van der Waals surface area contributed by atoms with Crippen molar-refractivity contribution in [1.29, 1.82) is 0 Å². The molecule has 1 aliphatic carbocycles. The van der Waals surface area contributed by atoms with Crippen molar-refractivity contribution in [2.75, 3.05) is 0 Å². The van der Waals surface area contributed by atoms with Gasteiger partial charge in [0, 0.05) is 11.3 Å². The van der Waals surface area contributed by atoms with E-state index in [2.05, 4.69) is 18.5 Å². The minimum Gasteiger partial charge on any atom is -0.385 e. The first kappa shape index (κ1) is 10.7. The van der Waals surface area contributed by atoms with Gasteiger partial charge in [0.1, 0.15) is 0 Å². The van der Waals surface area contributed by atoms with E-state index in [1.54, 1.807) is 6.08 Å². The average molecular weight is 193 g/mol. The number of allylic oxidation sites excluding steroid dienone is 1. The highest BCUT2D eigenvalue weighted by molar-refractivity contribution is 5.54. The van der Waals surface area contributed by atoms with Crippen molar-refractivity contribution in [2.45, 2.75) is 24.9 Å². The second kappa shape index (κ2) is 4.24. The van der Waals surface area contributed by atoms with Gasteiger partial charge in [0.2, 0.25) is 6.41 Å². The van der Waals surface area contributed by atoms with Gasteiger partial charge in [0.25, 0.3) is 0 Å². The fourth-order valence-electron chi connectivity index (χ4n) is 1.64. The number of rotatable bonds is 5. The Morgan fingerprint density at radius 2 is 2.00 bits per heavy atom. The van der Waals surface area contributed by atoms with Gasteiger partial charge < -0.3 is 10.4 Å². The summed E-state index contributed by atoms with van der Waals surface area (Å²) < 4.78 is 0. The van der Waals surface area contributed by atoms with E-state index in [0.717, 1.165) is 6.42 Å². The highest BCUT2D eigenvalue weighted by atomic mass is 16.3. The van der Waals surface area contributed by atoms with Crippen LogP contribution in [0.25, 0.3) is 0 Å². The molecule has 1 saturated carbocycles. The Labute approximate surface area is 83.8 Å². The van der Waals surface area contributed by atoms with E-state index in [0.29, 0.717) is 30.5 Å². The van der Waals surface area contributed by atoms with Crippen LogP contribution in [0.3, 0.4) is 0 Å². The molecule has 3 nitrogen and oxygen atoms in total. The fraction of sp³-hybridized carbons (Fsp3) is 0.364. The van der Waals surface area contributed by atoms with E-state index in [1.165, 1.54) is 6.08 Å². The Morgan fingerprint density at radius 1 is 1.36 bits per heavy atom. The quantitative estimate of drug-likeness (QED) is 0.510. The molecule has 0 unspecified atom stereocenters. The van der Waals surface area contributed by atoms with Crippen molar-refractivity contribution in [3.05, 3.63) is 36.6 Å². The number of amides is 1. The van der Waals surface area contributed by atoms with E-state index in [9.17, 15) is 9.90 Å². The first-order valence-corrected chi connectivity index (χ1v) is 4.60. The molecule has 0 bridgehead atoms. The molecule has 0 saturated heterocycles. The number of hydrogen-bond donors (Lipinski definition) is 2. The predicted molar refractivity (Wildman–Crippen MR) is 55.4 cm³/mol. The Bertz CT molecular complexity index is 288. The summed E-state index contributed by atoms with van der Waals surface area (Å²) in [7, 11) is 0. The molecule has 0 spiro atoms. The second-order valence-electron chi connectivity index (χ2n) is 3.38. The standard InChI is InChI=1S/C11H15NO2/c1-3-9(10(4-2)12-8-13)11(14)6-5-7-11/h3-4,8,14H,1-2,5-7H2,(H,12,13)/b10-9-. The lowest BCUT2D eigenvalue weighted by atomic mass is 9.74. The average Bonchev–Trinajstić information content (AvgIpc) is 2.14. The molecule has 14 heavy (non-hydrogen) atoms. The monoisotopic (exact) mass is 193 g/mol. The summed E-state index contributed by atoms with van der Waals surface area (Å²) in [5.74, 6) is 0. The van der Waals surface area contributed by atoms with Gasteiger partial charge in [-0.05, 0) is 25.3 Å². The SMILES string of the molecule is C=C/C(NC=O)=C(\C=C)C1(O)CCC1. The second-order valence-corrected chi connectivity index (χ2v) is 3.38. The summed E-state index contributed by atoms with van der Waals surface area (Å²) in [6.07, 6.45) is 6.09. The Morgan fingerprint density at radius 3 is 2.29 bits per heavy atom. The highest BCUT2D eigenvalue weighted by Gasteiger charge is 2.38. The van der Waals surface area contributed by atoms with Gasteiger partial charge in [-0.1, -0.05) is 19.2 Å². The van der Waals surface area contributed by atoms with Crippen molar-refractivity contribution >= 4 is 6.41 Å². The number of aliphatic hydroxyl groups is 1. The van der Waals surface area contributed by atoms with E-state index in [1.807, 2.05) is 0 Å². The lowest BCUT2D eigenvalue weighted by molar-refractivity contribution is -0.108. The number of nitrogens with one attached hydrogen (secondary N) is 1. The van der Waals surface area contributed by atoms with Crippen molar-refractivity contribution in [1.82, 2.24) is 5.32 Å². The van der Waals surface area contributed by atoms with Crippen LogP contribution in [0.15, 0.2) is 36.6 Å². The zero-order valence-corrected chi connectivity index (χ0v) is 8.12. The first-order valence-electron chi connectivity index (χ1n) is 4.60. The Kier molecular flexibility index (Phi) is 3.25. The fourth-order valence-corrected chi connectivity index (χ4v) is 1.64. The highest BCUT2D eigenvalue weighted by Crippen LogP contribution is 2.39. The largest absolute Gasteiger partial charge is 0.385 e. The third kappa shape index (κ3) is 1.77. The summed E-state index contributed by atoms with van der Waals surface area (Å²) in [5, 5.41) is 12.6. The van der Waals surface area contributed by atoms with Gasteiger partial charge in [-0.15, -0.1) is 0 Å². The number of carbonyl (C=O) groups is 1. The minimum absolute atomic E-state index is 0.539. The molecule has 76 valence electrons. The third-order valence-electron chi connectivity index (χ3n) is 2.59. The van der Waals surface area contributed by atoms with Crippen LogP contribution in [0.5, 0.6) is 0 Å². The molecular formula is C11H15NO2. The molecule has 1 rings (SSSR count). The summed E-state index contributed by atoms with van der Waals surface area (Å²) in [6, 6.07) is 0. The molecule has 3 heteroatoms. The summed E-state index contributed by atoms with van der Waals surface area (Å²) in [5.41, 5.74) is 0.379. The maximum absolute atomic E-state index is 10.3. The molecule has 1 fully saturated rings. The van der Waals surface area contributed by atoms with Crippen LogP contribution in [-0.2, 0) is 4.79 Å². The van der Waals surface area contributed by atoms with E-state index < -0.39 is 5.60 Å². The van der Waals surface area contributed by atoms with Crippen LogP contribution in [-0.4, -0.2) is 17.1 Å². The third-order valence-corrected chi connectivity index (χ3v) is 2.59. The van der Waals surface area contributed by atoms with Gasteiger partial charge in [0.15, 0.2) is 0 Å². The Hall–Kier alpha value is -1.35. The van der Waals surface area contributed by atoms with Gasteiger partial charge in [0.05, 0.1) is 5.60 Å². The van der Waals surface area contributed by atoms with Crippen molar-refractivity contribution in [3.8, 4) is 0 Å². The molecule has 2 N–H and O–H groups in total. The smallest absolute Gasteiger partial charge is 0.211 e. The zero-order valence-electron chi connectivity index (χ0n) is 8.12. The maximum Gasteiger partial charge on any atom is 0.211 e. The summed E-state index contributed by atoms with van der Waals surface area (Å²) >= 11 is 0. The molecule has 0 aromatic rings. The Balaban J connectivity index is 3.01. The van der Waals surface area contributed by atoms with Crippen molar-refractivity contribution in [2.24, 2.45) is 0 Å². The van der Waals surface area contributed by atoms with E-state index in [-0.39, 0.29) is 0 Å². The van der Waals surface area contributed by atoms with Crippen LogP contribution in [0.1, 0.15) is 19.3 Å². The summed E-state index contributed by atoms with van der Waals surface area (Å²) in [6.45, 7) is 7.22. The normalized spacial score (nSPS) is 20.1. The van der Waals surface area contributed by atoms with E-state index in [4.69, 9.17) is 0 Å². The molecule has 0 aromatic heterocycles. The minimum atomic E-state index is -0.818. The molecule has 0 atom stereocenters.